The van der Waals surface area contributed by atoms with Crippen molar-refractivity contribution in [2.45, 2.75) is 11.7 Å². The Kier molecular flexibility index (Phi) is 5.12. The number of para-hydroxylation sites is 1. The van der Waals surface area contributed by atoms with Crippen molar-refractivity contribution in [3.8, 4) is 0 Å². The molecule has 0 spiro atoms. The molecule has 0 atom stereocenters. The molecule has 110 valence electrons. The molecule has 0 aliphatic carbocycles. The monoisotopic (exact) mass is 327 g/mol. The van der Waals surface area contributed by atoms with Gasteiger partial charge in [-0.1, -0.05) is 35.5 Å². The predicted molar refractivity (Wildman–Crippen MR) is 76.3 cm³/mol. The van der Waals surface area contributed by atoms with Crippen LogP contribution in [0.15, 0.2) is 29.4 Å². The number of carboxylic acid groups (broad SMARTS) is 1. The third kappa shape index (κ3) is 4.43. The molecular weight excluding hydrogens is 318 g/mol. The van der Waals surface area contributed by atoms with E-state index in [1.807, 2.05) is 0 Å². The van der Waals surface area contributed by atoms with E-state index in [0.717, 1.165) is 16.4 Å². The SMILES string of the molecule is O=C(O)Cn1nnnc1SCC(=O)Nc1ccccc1Cl. The van der Waals surface area contributed by atoms with Crippen LogP contribution in [-0.2, 0) is 16.1 Å². The maximum atomic E-state index is 11.8. The highest BCUT2D eigenvalue weighted by molar-refractivity contribution is 7.99. The molecule has 1 aromatic heterocycles. The number of hydrogen-bond acceptors (Lipinski definition) is 6. The molecule has 1 amide bonds. The summed E-state index contributed by atoms with van der Waals surface area (Å²) in [5.74, 6) is -1.33. The lowest BCUT2D eigenvalue weighted by Gasteiger charge is -2.06. The van der Waals surface area contributed by atoms with Gasteiger partial charge >= 0.3 is 5.97 Å². The number of aromatic nitrogens is 4. The Hall–Kier alpha value is -2.13. The molecule has 2 rings (SSSR count). The molecule has 0 radical (unpaired) electrons. The first kappa shape index (κ1) is 15.3. The number of carbonyl (C=O) groups excluding carboxylic acids is 1. The topological polar surface area (TPSA) is 110 Å². The van der Waals surface area contributed by atoms with Crippen LogP contribution < -0.4 is 5.32 Å². The van der Waals surface area contributed by atoms with Crippen LogP contribution in [0.25, 0.3) is 0 Å². The second-order valence-electron chi connectivity index (χ2n) is 3.83. The standard InChI is InChI=1S/C11H10ClN5O3S/c12-7-3-1-2-4-8(7)13-9(18)6-21-11-14-15-16-17(11)5-10(19)20/h1-4H,5-6H2,(H,13,18)(H,19,20). The van der Waals surface area contributed by atoms with E-state index >= 15 is 0 Å². The van der Waals surface area contributed by atoms with Crippen LogP contribution in [0.4, 0.5) is 5.69 Å². The number of rotatable bonds is 6. The number of hydrogen-bond donors (Lipinski definition) is 2. The van der Waals surface area contributed by atoms with E-state index in [2.05, 4.69) is 20.8 Å². The average Bonchev–Trinajstić information content (AvgIpc) is 2.85. The molecule has 21 heavy (non-hydrogen) atoms. The van der Waals surface area contributed by atoms with Crippen molar-refractivity contribution >= 4 is 40.9 Å². The minimum absolute atomic E-state index is 0.0330. The minimum Gasteiger partial charge on any atom is -0.480 e. The number of benzene rings is 1. The van der Waals surface area contributed by atoms with Gasteiger partial charge in [0, 0.05) is 0 Å². The maximum Gasteiger partial charge on any atom is 0.325 e. The molecular formula is C11H10ClN5O3S. The van der Waals surface area contributed by atoms with E-state index in [9.17, 15) is 9.59 Å². The molecule has 0 unspecified atom stereocenters. The lowest BCUT2D eigenvalue weighted by Crippen LogP contribution is -2.16. The Morgan fingerprint density at radius 1 is 1.38 bits per heavy atom. The fourth-order valence-electron chi connectivity index (χ4n) is 1.41. The van der Waals surface area contributed by atoms with Gasteiger partial charge in [-0.15, -0.1) is 5.10 Å². The zero-order valence-electron chi connectivity index (χ0n) is 10.6. The number of nitrogens with one attached hydrogen (secondary N) is 1. The number of carboxylic acids is 1. The summed E-state index contributed by atoms with van der Waals surface area (Å²) in [6.45, 7) is -0.360. The van der Waals surface area contributed by atoms with Gasteiger partial charge in [-0.3, -0.25) is 9.59 Å². The third-order valence-corrected chi connectivity index (χ3v) is 3.55. The highest BCUT2D eigenvalue weighted by Crippen LogP contribution is 2.21. The van der Waals surface area contributed by atoms with Gasteiger partial charge in [-0.2, -0.15) is 0 Å². The maximum absolute atomic E-state index is 11.8. The second kappa shape index (κ2) is 7.04. The van der Waals surface area contributed by atoms with E-state index in [4.69, 9.17) is 16.7 Å². The molecule has 0 saturated heterocycles. The largest absolute Gasteiger partial charge is 0.480 e. The van der Waals surface area contributed by atoms with E-state index in [0.29, 0.717) is 10.7 Å². The average molecular weight is 328 g/mol. The number of anilines is 1. The summed E-state index contributed by atoms with van der Waals surface area (Å²) < 4.78 is 1.11. The van der Waals surface area contributed by atoms with Crippen LogP contribution in [0, 0.1) is 0 Å². The number of aliphatic carboxylic acids is 1. The van der Waals surface area contributed by atoms with Crippen molar-refractivity contribution in [1.29, 1.82) is 0 Å². The van der Waals surface area contributed by atoms with Crippen molar-refractivity contribution in [1.82, 2.24) is 20.2 Å². The van der Waals surface area contributed by atoms with E-state index < -0.39 is 5.97 Å². The third-order valence-electron chi connectivity index (χ3n) is 2.26. The molecule has 1 heterocycles. The summed E-state index contributed by atoms with van der Waals surface area (Å²) in [5, 5.41) is 22.6. The Bertz CT molecular complexity index is 663. The molecule has 0 aliphatic rings. The minimum atomic E-state index is -1.07. The van der Waals surface area contributed by atoms with Crippen LogP contribution >= 0.6 is 23.4 Å². The fraction of sp³-hybridized carbons (Fsp3) is 0.182. The number of amides is 1. The number of carbonyl (C=O) groups is 2. The Labute approximate surface area is 128 Å². The highest BCUT2D eigenvalue weighted by Gasteiger charge is 2.12. The normalized spacial score (nSPS) is 10.3. The van der Waals surface area contributed by atoms with Crippen molar-refractivity contribution in [2.24, 2.45) is 0 Å². The van der Waals surface area contributed by atoms with E-state index in [1.54, 1.807) is 24.3 Å². The van der Waals surface area contributed by atoms with Gasteiger partial charge in [-0.05, 0) is 22.6 Å². The van der Waals surface area contributed by atoms with Crippen molar-refractivity contribution < 1.29 is 14.7 Å². The van der Waals surface area contributed by atoms with Crippen LogP contribution in [0.5, 0.6) is 0 Å². The van der Waals surface area contributed by atoms with Gasteiger partial charge < -0.3 is 10.4 Å². The number of nitrogens with zero attached hydrogens (tertiary/aromatic N) is 4. The molecule has 8 nitrogen and oxygen atoms in total. The quantitative estimate of drug-likeness (QED) is 0.765. The predicted octanol–water partition coefficient (Wildman–Crippen LogP) is 1.14. The first-order chi connectivity index (χ1) is 10.1. The fourth-order valence-corrected chi connectivity index (χ4v) is 2.27. The lowest BCUT2D eigenvalue weighted by atomic mass is 10.3. The zero-order chi connectivity index (χ0) is 15.2. The Balaban J connectivity index is 1.91. The number of halogens is 1. The van der Waals surface area contributed by atoms with Crippen molar-refractivity contribution in [2.75, 3.05) is 11.1 Å². The molecule has 2 N–H and O–H groups in total. The molecule has 0 fully saturated rings. The summed E-state index contributed by atoms with van der Waals surface area (Å²) in [4.78, 5) is 22.4. The van der Waals surface area contributed by atoms with Crippen LogP contribution in [-0.4, -0.2) is 42.9 Å². The Morgan fingerprint density at radius 3 is 2.86 bits per heavy atom. The number of thioether (sulfide) groups is 1. The number of tetrazole rings is 1. The summed E-state index contributed by atoms with van der Waals surface area (Å²) in [7, 11) is 0. The molecule has 0 saturated carbocycles. The van der Waals surface area contributed by atoms with Crippen LogP contribution in [0.1, 0.15) is 0 Å². The van der Waals surface area contributed by atoms with Gasteiger partial charge in [-0.25, -0.2) is 4.68 Å². The zero-order valence-corrected chi connectivity index (χ0v) is 12.1. The summed E-state index contributed by atoms with van der Waals surface area (Å²) in [6.07, 6.45) is 0. The van der Waals surface area contributed by atoms with E-state index in [1.165, 1.54) is 0 Å². The molecule has 2 aromatic rings. The van der Waals surface area contributed by atoms with Crippen LogP contribution in [0.3, 0.4) is 0 Å². The first-order valence-corrected chi connectivity index (χ1v) is 7.08. The van der Waals surface area contributed by atoms with Crippen molar-refractivity contribution in [3.63, 3.8) is 0 Å². The first-order valence-electron chi connectivity index (χ1n) is 5.71. The van der Waals surface area contributed by atoms with Crippen LogP contribution in [0.2, 0.25) is 5.02 Å². The molecule has 1 aromatic carbocycles. The second-order valence-corrected chi connectivity index (χ2v) is 5.18. The Morgan fingerprint density at radius 2 is 2.14 bits per heavy atom. The van der Waals surface area contributed by atoms with Gasteiger partial charge in [0.25, 0.3) is 0 Å². The molecule has 0 aliphatic heterocycles. The van der Waals surface area contributed by atoms with Gasteiger partial charge in [0.1, 0.15) is 6.54 Å². The van der Waals surface area contributed by atoms with Gasteiger partial charge in [0.2, 0.25) is 11.1 Å². The molecule has 10 heteroatoms. The smallest absolute Gasteiger partial charge is 0.325 e. The van der Waals surface area contributed by atoms with Gasteiger partial charge in [0.05, 0.1) is 16.5 Å². The lowest BCUT2D eigenvalue weighted by molar-refractivity contribution is -0.138. The van der Waals surface area contributed by atoms with Crippen molar-refractivity contribution in [3.05, 3.63) is 29.3 Å². The summed E-state index contributed by atoms with van der Waals surface area (Å²) in [5.41, 5.74) is 0.509. The van der Waals surface area contributed by atoms with Gasteiger partial charge in [0.15, 0.2) is 0 Å². The molecule has 0 bridgehead atoms. The summed E-state index contributed by atoms with van der Waals surface area (Å²) in [6, 6.07) is 6.85. The summed E-state index contributed by atoms with van der Waals surface area (Å²) >= 11 is 6.96. The highest BCUT2D eigenvalue weighted by atomic mass is 35.5. The van der Waals surface area contributed by atoms with E-state index in [-0.39, 0.29) is 23.4 Å².